The van der Waals surface area contributed by atoms with E-state index < -0.39 is 15.8 Å². The first-order chi connectivity index (χ1) is 9.76. The second-order valence-electron chi connectivity index (χ2n) is 5.41. The number of sulfonamides is 1. The lowest BCUT2D eigenvalue weighted by Crippen LogP contribution is -2.35. The Hall–Kier alpha value is -1.02. The third-order valence-corrected chi connectivity index (χ3v) is 4.64. The van der Waals surface area contributed by atoms with Crippen molar-refractivity contribution < 1.29 is 12.8 Å². The Balaban J connectivity index is 2.89. The predicted octanol–water partition coefficient (Wildman–Crippen LogP) is 1.16. The summed E-state index contributed by atoms with van der Waals surface area (Å²) in [6.45, 7) is 3.02. The highest BCUT2D eigenvalue weighted by atomic mass is 32.2. The van der Waals surface area contributed by atoms with Crippen LogP contribution >= 0.6 is 0 Å². The van der Waals surface area contributed by atoms with Gasteiger partial charge in [0.2, 0.25) is 10.0 Å². The molecule has 2 N–H and O–H groups in total. The minimum atomic E-state index is -3.85. The van der Waals surface area contributed by atoms with E-state index in [1.165, 1.54) is 12.1 Å². The van der Waals surface area contributed by atoms with Gasteiger partial charge in [0, 0.05) is 12.6 Å². The van der Waals surface area contributed by atoms with Gasteiger partial charge in [-0.05, 0) is 58.7 Å². The van der Waals surface area contributed by atoms with Crippen LogP contribution in [0.15, 0.2) is 23.1 Å². The van der Waals surface area contributed by atoms with Crippen molar-refractivity contribution in [2.24, 2.45) is 0 Å². The van der Waals surface area contributed by atoms with Crippen molar-refractivity contribution in [3.8, 4) is 0 Å². The van der Waals surface area contributed by atoms with E-state index in [1.54, 1.807) is 20.0 Å². The van der Waals surface area contributed by atoms with Gasteiger partial charge in [0.1, 0.15) is 10.7 Å². The first-order valence-electron chi connectivity index (χ1n) is 6.86. The minimum Gasteiger partial charge on any atom is -0.316 e. The molecular weight excluding hydrogens is 293 g/mol. The van der Waals surface area contributed by atoms with E-state index >= 15 is 0 Å². The van der Waals surface area contributed by atoms with E-state index in [0.717, 1.165) is 12.1 Å². The van der Waals surface area contributed by atoms with E-state index in [0.29, 0.717) is 13.0 Å². The number of benzene rings is 1. The number of rotatable bonds is 8. The van der Waals surface area contributed by atoms with E-state index in [9.17, 15) is 12.8 Å². The Morgan fingerprint density at radius 1 is 1.33 bits per heavy atom. The fourth-order valence-electron chi connectivity index (χ4n) is 1.91. The molecule has 7 heteroatoms. The van der Waals surface area contributed by atoms with Crippen LogP contribution in [-0.4, -0.2) is 47.0 Å². The molecule has 0 aliphatic rings. The molecule has 21 heavy (non-hydrogen) atoms. The van der Waals surface area contributed by atoms with Gasteiger partial charge in [-0.25, -0.2) is 17.5 Å². The Morgan fingerprint density at radius 3 is 2.57 bits per heavy atom. The van der Waals surface area contributed by atoms with Crippen molar-refractivity contribution >= 4 is 10.0 Å². The van der Waals surface area contributed by atoms with Gasteiger partial charge in [0.05, 0.1) is 0 Å². The lowest BCUT2D eigenvalue weighted by Gasteiger charge is -2.17. The van der Waals surface area contributed by atoms with Gasteiger partial charge in [0.15, 0.2) is 0 Å². The molecule has 1 rings (SSSR count). The van der Waals surface area contributed by atoms with Crippen LogP contribution in [0.3, 0.4) is 0 Å². The molecule has 1 atom stereocenters. The SMILES string of the molecule is CNCc1ccc(F)c(S(=O)(=O)NC(C)CCN(C)C)c1. The summed E-state index contributed by atoms with van der Waals surface area (Å²) in [5.74, 6) is -0.734. The zero-order valence-electron chi connectivity index (χ0n) is 13.0. The maximum absolute atomic E-state index is 13.8. The molecule has 0 bridgehead atoms. The van der Waals surface area contributed by atoms with Gasteiger partial charge in [0.25, 0.3) is 0 Å². The maximum atomic E-state index is 13.8. The quantitative estimate of drug-likeness (QED) is 0.755. The Morgan fingerprint density at radius 2 is 2.00 bits per heavy atom. The molecule has 0 aromatic heterocycles. The summed E-state index contributed by atoms with van der Waals surface area (Å²) >= 11 is 0. The van der Waals surface area contributed by atoms with Crippen molar-refractivity contribution in [3.63, 3.8) is 0 Å². The summed E-state index contributed by atoms with van der Waals surface area (Å²) in [7, 11) is 1.74. The molecule has 0 saturated heterocycles. The van der Waals surface area contributed by atoms with Gasteiger partial charge in [-0.1, -0.05) is 6.07 Å². The average Bonchev–Trinajstić information content (AvgIpc) is 2.38. The van der Waals surface area contributed by atoms with Crippen LogP contribution in [0.4, 0.5) is 4.39 Å². The molecule has 0 fully saturated rings. The molecule has 1 aromatic carbocycles. The molecule has 0 heterocycles. The Kier molecular flexibility index (Phi) is 6.73. The smallest absolute Gasteiger partial charge is 0.243 e. The number of hydrogen-bond donors (Lipinski definition) is 2. The number of nitrogens with zero attached hydrogens (tertiary/aromatic N) is 1. The summed E-state index contributed by atoms with van der Waals surface area (Å²) in [4.78, 5) is 1.67. The van der Waals surface area contributed by atoms with Crippen LogP contribution in [0.25, 0.3) is 0 Å². The first kappa shape index (κ1) is 18.0. The molecule has 1 unspecified atom stereocenters. The van der Waals surface area contributed by atoms with Gasteiger partial charge >= 0.3 is 0 Å². The highest BCUT2D eigenvalue weighted by Gasteiger charge is 2.21. The summed E-state index contributed by atoms with van der Waals surface area (Å²) in [5.41, 5.74) is 0.722. The number of nitrogens with one attached hydrogen (secondary N) is 2. The first-order valence-corrected chi connectivity index (χ1v) is 8.34. The van der Waals surface area contributed by atoms with Crippen molar-refractivity contribution in [2.75, 3.05) is 27.7 Å². The molecule has 120 valence electrons. The van der Waals surface area contributed by atoms with Gasteiger partial charge in [-0.2, -0.15) is 0 Å². The maximum Gasteiger partial charge on any atom is 0.243 e. The lowest BCUT2D eigenvalue weighted by molar-refractivity contribution is 0.378. The van der Waals surface area contributed by atoms with E-state index in [4.69, 9.17) is 0 Å². The molecule has 1 aromatic rings. The van der Waals surface area contributed by atoms with Crippen LogP contribution in [0.5, 0.6) is 0 Å². The van der Waals surface area contributed by atoms with Crippen molar-refractivity contribution in [2.45, 2.75) is 30.8 Å². The highest BCUT2D eigenvalue weighted by Crippen LogP contribution is 2.17. The van der Waals surface area contributed by atoms with Gasteiger partial charge < -0.3 is 10.2 Å². The van der Waals surface area contributed by atoms with Gasteiger partial charge in [-0.15, -0.1) is 0 Å². The second-order valence-corrected chi connectivity index (χ2v) is 7.09. The normalized spacial score (nSPS) is 13.6. The monoisotopic (exact) mass is 317 g/mol. The van der Waals surface area contributed by atoms with E-state index in [2.05, 4.69) is 10.0 Å². The van der Waals surface area contributed by atoms with Crippen molar-refractivity contribution in [1.29, 1.82) is 0 Å². The summed E-state index contributed by atoms with van der Waals surface area (Å²) < 4.78 is 40.9. The second kappa shape index (κ2) is 7.84. The molecule has 0 saturated carbocycles. The summed E-state index contributed by atoms with van der Waals surface area (Å²) in [5, 5.41) is 2.91. The molecule has 0 aliphatic heterocycles. The molecule has 5 nitrogen and oxygen atoms in total. The fraction of sp³-hybridized carbons (Fsp3) is 0.571. The lowest BCUT2D eigenvalue weighted by atomic mass is 10.2. The fourth-order valence-corrected chi connectivity index (χ4v) is 3.31. The predicted molar refractivity (Wildman–Crippen MR) is 82.1 cm³/mol. The van der Waals surface area contributed by atoms with Crippen LogP contribution < -0.4 is 10.0 Å². The number of hydrogen-bond acceptors (Lipinski definition) is 4. The minimum absolute atomic E-state index is 0.259. The third kappa shape index (κ3) is 5.70. The average molecular weight is 317 g/mol. The third-order valence-electron chi connectivity index (χ3n) is 3.03. The summed E-state index contributed by atoms with van der Waals surface area (Å²) in [6, 6.07) is 3.86. The zero-order chi connectivity index (χ0) is 16.0. The standard InChI is InChI=1S/C14H24FN3O2S/c1-11(7-8-18(3)4)17-21(19,20)14-9-12(10-16-2)5-6-13(14)15/h5-6,9,11,16-17H,7-8,10H2,1-4H3. The summed E-state index contributed by atoms with van der Waals surface area (Å²) in [6.07, 6.45) is 0.657. The molecule has 0 radical (unpaired) electrons. The number of halogens is 1. The van der Waals surface area contributed by atoms with Crippen LogP contribution in [-0.2, 0) is 16.6 Å². The Bertz CT molecular complexity index is 561. The van der Waals surface area contributed by atoms with Gasteiger partial charge in [-0.3, -0.25) is 0 Å². The van der Waals surface area contributed by atoms with E-state index in [1.807, 2.05) is 19.0 Å². The molecule has 0 aliphatic carbocycles. The van der Waals surface area contributed by atoms with Crippen molar-refractivity contribution in [1.82, 2.24) is 14.9 Å². The zero-order valence-corrected chi connectivity index (χ0v) is 13.8. The van der Waals surface area contributed by atoms with Crippen LogP contribution in [0, 0.1) is 5.82 Å². The van der Waals surface area contributed by atoms with E-state index in [-0.39, 0.29) is 10.9 Å². The molecule has 0 spiro atoms. The molecule has 0 amide bonds. The van der Waals surface area contributed by atoms with Crippen LogP contribution in [0.2, 0.25) is 0 Å². The largest absolute Gasteiger partial charge is 0.316 e. The van der Waals surface area contributed by atoms with Crippen molar-refractivity contribution in [3.05, 3.63) is 29.6 Å². The van der Waals surface area contributed by atoms with Crippen LogP contribution in [0.1, 0.15) is 18.9 Å². The highest BCUT2D eigenvalue weighted by molar-refractivity contribution is 7.89. The topological polar surface area (TPSA) is 61.4 Å². The molecular formula is C14H24FN3O2S. The Labute approximate surface area is 126 Å².